The van der Waals surface area contributed by atoms with Crippen LogP contribution in [0.3, 0.4) is 0 Å². The van der Waals surface area contributed by atoms with Crippen LogP contribution in [0.2, 0.25) is 0 Å². The van der Waals surface area contributed by atoms with Crippen LogP contribution < -0.4 is 27.4 Å². The van der Waals surface area contributed by atoms with Crippen LogP contribution in [-0.4, -0.2) is 75.0 Å². The Hall–Kier alpha value is -1.97. The highest BCUT2D eigenvalue weighted by Gasteiger charge is 2.11. The molecule has 0 aromatic carbocycles. The van der Waals surface area contributed by atoms with Crippen molar-refractivity contribution in [2.24, 2.45) is 11.5 Å². The molecule has 0 atom stereocenters. The van der Waals surface area contributed by atoms with E-state index in [1.807, 2.05) is 4.90 Å². The maximum absolute atomic E-state index is 12.2. The summed E-state index contributed by atoms with van der Waals surface area (Å²) in [4.78, 5) is 38.1. The number of nitrogens with two attached hydrogens (primary N) is 2. The summed E-state index contributed by atoms with van der Waals surface area (Å²) in [7, 11) is 0. The van der Waals surface area contributed by atoms with Crippen LogP contribution in [0.15, 0.2) is 12.2 Å². The van der Waals surface area contributed by atoms with E-state index >= 15 is 0 Å². The summed E-state index contributed by atoms with van der Waals surface area (Å²) in [5, 5.41) is 8.50. The highest BCUT2D eigenvalue weighted by atomic mass is 16.2. The van der Waals surface area contributed by atoms with Crippen molar-refractivity contribution in [3.05, 3.63) is 12.2 Å². The van der Waals surface area contributed by atoms with Crippen LogP contribution in [0, 0.1) is 0 Å². The topological polar surface area (TPSA) is 143 Å². The second kappa shape index (κ2) is 29.0. The monoisotopic (exact) mass is 552 g/mol. The van der Waals surface area contributed by atoms with E-state index in [9.17, 15) is 14.4 Å². The summed E-state index contributed by atoms with van der Waals surface area (Å²) in [5.74, 6) is -0.0635. The lowest BCUT2D eigenvalue weighted by Crippen LogP contribution is -2.40. The minimum absolute atomic E-state index is 0.0637. The molecular formula is C30H60N6O3. The molecule has 0 saturated heterocycles. The molecule has 228 valence electrons. The molecule has 7 N–H and O–H groups in total. The quantitative estimate of drug-likeness (QED) is 0.0744. The maximum Gasteiger partial charge on any atom is 0.221 e. The zero-order valence-electron chi connectivity index (χ0n) is 25.0. The third-order valence-corrected chi connectivity index (χ3v) is 6.66. The Morgan fingerprint density at radius 3 is 1.51 bits per heavy atom. The fraction of sp³-hybridized carbons (Fsp3) is 0.833. The first-order valence-corrected chi connectivity index (χ1v) is 15.6. The van der Waals surface area contributed by atoms with Crippen molar-refractivity contribution in [3.63, 3.8) is 0 Å². The van der Waals surface area contributed by atoms with Crippen LogP contribution in [0.1, 0.15) is 110 Å². The van der Waals surface area contributed by atoms with Gasteiger partial charge in [-0.05, 0) is 32.1 Å². The number of carbonyl (C=O) groups is 3. The molecule has 0 aromatic heterocycles. The number of hydrogen-bond donors (Lipinski definition) is 5. The summed E-state index contributed by atoms with van der Waals surface area (Å²) in [6.45, 7) is 6.09. The fourth-order valence-corrected chi connectivity index (χ4v) is 4.25. The van der Waals surface area contributed by atoms with Gasteiger partial charge in [-0.3, -0.25) is 14.4 Å². The largest absolute Gasteiger partial charge is 0.355 e. The lowest BCUT2D eigenvalue weighted by atomic mass is 10.1. The maximum atomic E-state index is 12.2. The van der Waals surface area contributed by atoms with E-state index in [4.69, 9.17) is 11.5 Å². The molecule has 0 unspecified atom stereocenters. The van der Waals surface area contributed by atoms with Crippen LogP contribution in [0.4, 0.5) is 0 Å². The first-order valence-electron chi connectivity index (χ1n) is 15.6. The molecule has 39 heavy (non-hydrogen) atoms. The number of rotatable bonds is 28. The van der Waals surface area contributed by atoms with Crippen molar-refractivity contribution in [2.75, 3.05) is 52.4 Å². The molecule has 9 heteroatoms. The Morgan fingerprint density at radius 1 is 0.564 bits per heavy atom. The predicted molar refractivity (Wildman–Crippen MR) is 162 cm³/mol. The van der Waals surface area contributed by atoms with Gasteiger partial charge in [0.15, 0.2) is 0 Å². The van der Waals surface area contributed by atoms with Gasteiger partial charge in [0.1, 0.15) is 0 Å². The van der Waals surface area contributed by atoms with Crippen molar-refractivity contribution in [1.29, 1.82) is 0 Å². The Balaban J connectivity index is 3.92. The highest BCUT2D eigenvalue weighted by molar-refractivity contribution is 5.77. The Bertz CT molecular complexity index is 606. The third-order valence-electron chi connectivity index (χ3n) is 6.66. The molecule has 0 radical (unpaired) electrons. The molecule has 9 nitrogen and oxygen atoms in total. The zero-order valence-corrected chi connectivity index (χ0v) is 25.0. The van der Waals surface area contributed by atoms with Crippen LogP contribution in [0.5, 0.6) is 0 Å². The van der Waals surface area contributed by atoms with Gasteiger partial charge in [0.2, 0.25) is 17.7 Å². The summed E-state index contributed by atoms with van der Waals surface area (Å²) in [5.41, 5.74) is 10.9. The Labute approximate surface area is 238 Å². The minimum Gasteiger partial charge on any atom is -0.355 e. The average Bonchev–Trinajstić information content (AvgIpc) is 2.93. The third kappa shape index (κ3) is 27.4. The molecule has 0 bridgehead atoms. The molecule has 0 saturated carbocycles. The molecule has 0 aromatic rings. The van der Waals surface area contributed by atoms with Gasteiger partial charge in [-0.2, -0.15) is 0 Å². The van der Waals surface area contributed by atoms with E-state index < -0.39 is 0 Å². The number of carbonyl (C=O) groups excluding carboxylic acids is 3. The van der Waals surface area contributed by atoms with Crippen LogP contribution >= 0.6 is 0 Å². The Morgan fingerprint density at radius 2 is 1.00 bits per heavy atom. The van der Waals surface area contributed by atoms with Crippen molar-refractivity contribution in [3.8, 4) is 0 Å². The van der Waals surface area contributed by atoms with E-state index in [2.05, 4.69) is 35.0 Å². The zero-order chi connectivity index (χ0) is 28.8. The minimum atomic E-state index is -0.0637. The van der Waals surface area contributed by atoms with E-state index in [1.165, 1.54) is 64.2 Å². The number of nitrogens with one attached hydrogen (secondary N) is 3. The number of allylic oxidation sites excluding steroid dienone is 2. The van der Waals surface area contributed by atoms with Gasteiger partial charge in [0, 0.05) is 71.6 Å². The first-order chi connectivity index (χ1) is 19.0. The molecule has 0 spiro atoms. The summed E-state index contributed by atoms with van der Waals surface area (Å²) in [6, 6.07) is 0. The second-order valence-corrected chi connectivity index (χ2v) is 10.3. The van der Waals surface area contributed by atoms with Gasteiger partial charge in [-0.25, -0.2) is 0 Å². The summed E-state index contributed by atoms with van der Waals surface area (Å²) in [6.07, 6.45) is 22.0. The molecule has 0 aliphatic heterocycles. The number of amides is 3. The summed E-state index contributed by atoms with van der Waals surface area (Å²) < 4.78 is 0. The number of nitrogens with zero attached hydrogens (tertiary/aromatic N) is 1. The van der Waals surface area contributed by atoms with Gasteiger partial charge in [0.25, 0.3) is 0 Å². The highest BCUT2D eigenvalue weighted by Crippen LogP contribution is 2.10. The molecule has 3 amide bonds. The summed E-state index contributed by atoms with van der Waals surface area (Å²) >= 11 is 0. The normalized spacial score (nSPS) is 11.3. The smallest absolute Gasteiger partial charge is 0.221 e. The molecule has 0 aliphatic rings. The lowest BCUT2D eigenvalue weighted by molar-refractivity contribution is -0.123. The SMILES string of the molecule is CCCCCCCC/C=C/CCCCCCCC(=O)NCCN(CCC(=O)NCCN)CCC(=O)NCCN. The Kier molecular flexibility index (Phi) is 27.6. The molecule has 0 fully saturated rings. The van der Waals surface area contributed by atoms with Gasteiger partial charge < -0.3 is 32.3 Å². The predicted octanol–water partition coefficient (Wildman–Crippen LogP) is 3.37. The fourth-order valence-electron chi connectivity index (χ4n) is 4.25. The van der Waals surface area contributed by atoms with E-state index in [1.54, 1.807) is 0 Å². The molecular weight excluding hydrogens is 492 g/mol. The molecule has 0 aliphatic carbocycles. The van der Waals surface area contributed by atoms with Crippen molar-refractivity contribution >= 4 is 17.7 Å². The van der Waals surface area contributed by atoms with Gasteiger partial charge in [0.05, 0.1) is 0 Å². The van der Waals surface area contributed by atoms with Crippen LogP contribution in [-0.2, 0) is 14.4 Å². The number of unbranched alkanes of at least 4 members (excludes halogenated alkanes) is 11. The van der Waals surface area contributed by atoms with E-state index in [0.717, 1.165) is 19.3 Å². The standard InChI is InChI=1S/C30H60N6O3/c1-2-3-4-5-6-7-8-9-10-11-12-13-14-15-16-17-28(37)35-24-27-36(25-18-29(38)33-22-20-31)26-19-30(39)34-23-21-32/h9-10H,2-8,11-27,31-32H2,1H3,(H,33,38)(H,34,39)(H,35,37)/b10-9+. The van der Waals surface area contributed by atoms with Crippen molar-refractivity contribution in [2.45, 2.75) is 110 Å². The van der Waals surface area contributed by atoms with Gasteiger partial charge in [-0.15, -0.1) is 0 Å². The first kappa shape index (κ1) is 37.0. The lowest BCUT2D eigenvalue weighted by Gasteiger charge is -2.22. The van der Waals surface area contributed by atoms with E-state index in [0.29, 0.717) is 71.6 Å². The second-order valence-electron chi connectivity index (χ2n) is 10.3. The van der Waals surface area contributed by atoms with Crippen molar-refractivity contribution < 1.29 is 14.4 Å². The van der Waals surface area contributed by atoms with Gasteiger partial charge >= 0.3 is 0 Å². The number of hydrogen-bond acceptors (Lipinski definition) is 6. The van der Waals surface area contributed by atoms with Gasteiger partial charge in [-0.1, -0.05) is 70.4 Å². The van der Waals surface area contributed by atoms with Crippen molar-refractivity contribution in [1.82, 2.24) is 20.9 Å². The van der Waals surface area contributed by atoms with E-state index in [-0.39, 0.29) is 17.7 Å². The molecule has 0 heterocycles. The van der Waals surface area contributed by atoms with Crippen LogP contribution in [0.25, 0.3) is 0 Å². The molecule has 0 rings (SSSR count). The average molecular weight is 553 g/mol.